The largest absolute Gasteiger partial charge is 0.348 e. The second kappa shape index (κ2) is 7.02. The molecular formula is C19H27NO3. The van der Waals surface area contributed by atoms with E-state index in [4.69, 9.17) is 9.47 Å². The monoisotopic (exact) mass is 317 g/mol. The van der Waals surface area contributed by atoms with Gasteiger partial charge in [-0.3, -0.25) is 4.79 Å². The van der Waals surface area contributed by atoms with E-state index in [0.29, 0.717) is 25.2 Å². The van der Waals surface area contributed by atoms with Crippen molar-refractivity contribution in [2.75, 3.05) is 13.2 Å². The van der Waals surface area contributed by atoms with Crippen LogP contribution in [0.5, 0.6) is 0 Å². The van der Waals surface area contributed by atoms with E-state index >= 15 is 0 Å². The zero-order valence-corrected chi connectivity index (χ0v) is 14.2. The first-order chi connectivity index (χ1) is 11.1. The molecule has 1 aromatic carbocycles. The highest BCUT2D eigenvalue weighted by Gasteiger charge is 2.40. The number of amides is 1. The maximum atomic E-state index is 12.8. The Kier molecular flexibility index (Phi) is 5.02. The zero-order valence-electron chi connectivity index (χ0n) is 14.2. The third-order valence-electron chi connectivity index (χ3n) is 5.14. The van der Waals surface area contributed by atoms with Gasteiger partial charge in [0.1, 0.15) is 0 Å². The summed E-state index contributed by atoms with van der Waals surface area (Å²) in [5.41, 5.74) is 1.20. The van der Waals surface area contributed by atoms with E-state index in [1.807, 2.05) is 25.1 Å². The van der Waals surface area contributed by atoms with Gasteiger partial charge in [-0.1, -0.05) is 37.3 Å². The third kappa shape index (κ3) is 3.75. The second-order valence-electron chi connectivity index (χ2n) is 6.82. The van der Waals surface area contributed by atoms with E-state index in [1.165, 1.54) is 5.56 Å². The average molecular weight is 317 g/mol. The van der Waals surface area contributed by atoms with Crippen molar-refractivity contribution in [3.8, 4) is 0 Å². The van der Waals surface area contributed by atoms with Crippen molar-refractivity contribution in [3.63, 3.8) is 0 Å². The summed E-state index contributed by atoms with van der Waals surface area (Å²) in [6.45, 7) is 6.19. The molecule has 0 bridgehead atoms. The number of ether oxygens (including phenoxy) is 2. The number of carbonyl (C=O) groups excluding carboxylic acids is 1. The highest BCUT2D eigenvalue weighted by atomic mass is 16.7. The van der Waals surface area contributed by atoms with Gasteiger partial charge < -0.3 is 14.4 Å². The van der Waals surface area contributed by atoms with Crippen LogP contribution in [-0.4, -0.2) is 35.8 Å². The van der Waals surface area contributed by atoms with Gasteiger partial charge in [0.25, 0.3) is 0 Å². The molecule has 0 aromatic heterocycles. The normalized spacial score (nSPS) is 26.9. The first kappa shape index (κ1) is 16.5. The lowest BCUT2D eigenvalue weighted by molar-refractivity contribution is -0.151. The number of carbonyl (C=O) groups is 1. The standard InChI is InChI=1S/C19H27NO3/c1-3-17-13-16(9-10-19(2)22-11-12-23-19)18(21)20(17)14-15-7-5-4-6-8-15/h4-8,16-17H,3,9-14H2,1-2H3. The van der Waals surface area contributed by atoms with Crippen molar-refractivity contribution < 1.29 is 14.3 Å². The van der Waals surface area contributed by atoms with Gasteiger partial charge in [-0.2, -0.15) is 0 Å². The number of likely N-dealkylation sites (tertiary alicyclic amines) is 1. The van der Waals surface area contributed by atoms with Gasteiger partial charge in [-0.05, 0) is 31.7 Å². The first-order valence-corrected chi connectivity index (χ1v) is 8.73. The summed E-state index contributed by atoms with van der Waals surface area (Å²) in [4.78, 5) is 14.9. The Morgan fingerprint density at radius 1 is 1.22 bits per heavy atom. The van der Waals surface area contributed by atoms with Crippen LogP contribution < -0.4 is 0 Å². The fraction of sp³-hybridized carbons (Fsp3) is 0.632. The molecule has 0 saturated carbocycles. The van der Waals surface area contributed by atoms with E-state index in [1.54, 1.807) is 0 Å². The maximum Gasteiger partial charge on any atom is 0.226 e. The molecule has 23 heavy (non-hydrogen) atoms. The molecule has 126 valence electrons. The Morgan fingerprint density at radius 3 is 2.57 bits per heavy atom. The smallest absolute Gasteiger partial charge is 0.226 e. The number of nitrogens with zero attached hydrogens (tertiary/aromatic N) is 1. The lowest BCUT2D eigenvalue weighted by atomic mass is 9.96. The maximum absolute atomic E-state index is 12.8. The first-order valence-electron chi connectivity index (χ1n) is 8.73. The van der Waals surface area contributed by atoms with Crippen LogP contribution in [0.3, 0.4) is 0 Å². The van der Waals surface area contributed by atoms with Crippen molar-refractivity contribution >= 4 is 5.91 Å². The Balaban J connectivity index is 1.61. The summed E-state index contributed by atoms with van der Waals surface area (Å²) in [6.07, 6.45) is 3.60. The molecule has 2 aliphatic heterocycles. The summed E-state index contributed by atoms with van der Waals surface area (Å²) < 4.78 is 11.3. The van der Waals surface area contributed by atoms with Crippen LogP contribution in [0.4, 0.5) is 0 Å². The predicted molar refractivity (Wildman–Crippen MR) is 88.7 cm³/mol. The Hall–Kier alpha value is -1.39. The predicted octanol–water partition coefficient (Wildman–Crippen LogP) is 3.36. The summed E-state index contributed by atoms with van der Waals surface area (Å²) in [7, 11) is 0. The minimum absolute atomic E-state index is 0.105. The van der Waals surface area contributed by atoms with E-state index in [0.717, 1.165) is 32.2 Å². The molecule has 0 radical (unpaired) electrons. The summed E-state index contributed by atoms with van der Waals surface area (Å²) >= 11 is 0. The molecule has 2 saturated heterocycles. The van der Waals surface area contributed by atoms with Crippen molar-refractivity contribution in [2.24, 2.45) is 5.92 Å². The summed E-state index contributed by atoms with van der Waals surface area (Å²) in [5, 5.41) is 0. The molecule has 2 unspecified atom stereocenters. The van der Waals surface area contributed by atoms with Crippen LogP contribution in [-0.2, 0) is 20.8 Å². The molecule has 2 atom stereocenters. The number of rotatable bonds is 6. The van der Waals surface area contributed by atoms with Gasteiger partial charge in [0.15, 0.2) is 5.79 Å². The SMILES string of the molecule is CCC1CC(CCC2(C)OCCO2)C(=O)N1Cc1ccccc1. The fourth-order valence-corrected chi connectivity index (χ4v) is 3.72. The molecular weight excluding hydrogens is 290 g/mol. The van der Waals surface area contributed by atoms with Crippen LogP contribution in [0.1, 0.15) is 45.1 Å². The minimum atomic E-state index is -0.491. The van der Waals surface area contributed by atoms with Crippen LogP contribution in [0, 0.1) is 5.92 Å². The van der Waals surface area contributed by atoms with Gasteiger partial charge in [0.05, 0.1) is 13.2 Å². The molecule has 0 spiro atoms. The fourth-order valence-electron chi connectivity index (χ4n) is 3.72. The zero-order chi connectivity index (χ0) is 16.3. The van der Waals surface area contributed by atoms with Crippen LogP contribution in [0.15, 0.2) is 30.3 Å². The number of benzene rings is 1. The van der Waals surface area contributed by atoms with E-state index in [-0.39, 0.29) is 5.92 Å². The van der Waals surface area contributed by atoms with Gasteiger partial charge in [-0.25, -0.2) is 0 Å². The molecule has 2 aliphatic rings. The van der Waals surface area contributed by atoms with E-state index < -0.39 is 5.79 Å². The van der Waals surface area contributed by atoms with Crippen molar-refractivity contribution in [1.82, 2.24) is 4.90 Å². The number of hydrogen-bond donors (Lipinski definition) is 0. The van der Waals surface area contributed by atoms with Crippen molar-refractivity contribution in [2.45, 2.75) is 57.9 Å². The molecule has 0 N–H and O–H groups in total. The van der Waals surface area contributed by atoms with Crippen molar-refractivity contribution in [1.29, 1.82) is 0 Å². The molecule has 4 nitrogen and oxygen atoms in total. The molecule has 3 rings (SSSR count). The van der Waals surface area contributed by atoms with Gasteiger partial charge in [0, 0.05) is 24.9 Å². The average Bonchev–Trinajstić information content (AvgIpc) is 3.12. The molecule has 1 aromatic rings. The Labute approximate surface area is 138 Å². The lowest BCUT2D eigenvalue weighted by Gasteiger charge is -2.24. The molecule has 0 aliphatic carbocycles. The molecule has 2 fully saturated rings. The van der Waals surface area contributed by atoms with E-state index in [2.05, 4.69) is 24.0 Å². The van der Waals surface area contributed by atoms with Crippen LogP contribution in [0.25, 0.3) is 0 Å². The molecule has 2 heterocycles. The van der Waals surface area contributed by atoms with E-state index in [9.17, 15) is 4.79 Å². The summed E-state index contributed by atoms with van der Waals surface area (Å²) in [6, 6.07) is 10.6. The van der Waals surface area contributed by atoms with Gasteiger partial charge in [-0.15, -0.1) is 0 Å². The quantitative estimate of drug-likeness (QED) is 0.807. The van der Waals surface area contributed by atoms with Crippen LogP contribution >= 0.6 is 0 Å². The van der Waals surface area contributed by atoms with Gasteiger partial charge >= 0.3 is 0 Å². The molecule has 4 heteroatoms. The minimum Gasteiger partial charge on any atom is -0.348 e. The highest BCUT2D eigenvalue weighted by molar-refractivity contribution is 5.81. The lowest BCUT2D eigenvalue weighted by Crippen LogP contribution is -2.33. The highest BCUT2D eigenvalue weighted by Crippen LogP contribution is 2.34. The Morgan fingerprint density at radius 2 is 1.91 bits per heavy atom. The third-order valence-corrected chi connectivity index (χ3v) is 5.14. The topological polar surface area (TPSA) is 38.8 Å². The summed E-state index contributed by atoms with van der Waals surface area (Å²) in [5.74, 6) is -0.0925. The number of hydrogen-bond acceptors (Lipinski definition) is 3. The van der Waals surface area contributed by atoms with Gasteiger partial charge in [0.2, 0.25) is 5.91 Å². The second-order valence-corrected chi connectivity index (χ2v) is 6.82. The van der Waals surface area contributed by atoms with Crippen LogP contribution in [0.2, 0.25) is 0 Å². The van der Waals surface area contributed by atoms with Crippen molar-refractivity contribution in [3.05, 3.63) is 35.9 Å². The Bertz CT molecular complexity index is 525. The molecule has 1 amide bonds.